The number of nitrogens with zero attached hydrogens (tertiary/aromatic N) is 3. The first kappa shape index (κ1) is 20.2. The molecule has 0 saturated heterocycles. The van der Waals surface area contributed by atoms with Crippen LogP contribution in [0.5, 0.6) is 0 Å². The van der Waals surface area contributed by atoms with Crippen LogP contribution in [0.1, 0.15) is 37.7 Å². The molecule has 0 aliphatic carbocycles. The minimum Gasteiger partial charge on any atom is -0.215 e. The van der Waals surface area contributed by atoms with Crippen LogP contribution in [0.3, 0.4) is 0 Å². The Hall–Kier alpha value is -3.89. The van der Waals surface area contributed by atoms with Gasteiger partial charge in [0.05, 0.1) is 26.5 Å². The summed E-state index contributed by atoms with van der Waals surface area (Å²) in [6.45, 7) is 7.04. The Bertz CT molecular complexity index is 1960. The third kappa shape index (κ3) is 2.12. The summed E-state index contributed by atoms with van der Waals surface area (Å²) in [7, 11) is 0. The number of hydrogen-bond acceptors (Lipinski definition) is 1. The van der Waals surface area contributed by atoms with Crippen LogP contribution in [0.2, 0.25) is 0 Å². The highest BCUT2D eigenvalue weighted by Crippen LogP contribution is 2.57. The van der Waals surface area contributed by atoms with Gasteiger partial charge < -0.3 is 0 Å². The van der Waals surface area contributed by atoms with Crippen molar-refractivity contribution in [3.8, 4) is 16.9 Å². The molecule has 3 aliphatic rings. The van der Waals surface area contributed by atoms with Crippen LogP contribution in [0.15, 0.2) is 107 Å². The average Bonchev–Trinajstić information content (AvgIpc) is 3.51. The van der Waals surface area contributed by atoms with Crippen molar-refractivity contribution in [1.29, 1.82) is 0 Å². The topological polar surface area (TPSA) is 12.7 Å². The smallest absolute Gasteiger partial charge is 0.215 e. The maximum absolute atomic E-state index is 2.63. The van der Waals surface area contributed by atoms with E-state index >= 15 is 0 Å². The molecule has 6 aromatic rings. The number of para-hydroxylation sites is 1. The Labute approximate surface area is 219 Å². The highest BCUT2D eigenvalue weighted by atomic mass is 32.2. The third-order valence-corrected chi connectivity index (χ3v) is 9.55. The van der Waals surface area contributed by atoms with Crippen LogP contribution >= 0.6 is 11.8 Å². The first-order valence-corrected chi connectivity index (χ1v) is 13.8. The fourth-order valence-corrected chi connectivity index (χ4v) is 8.49. The summed E-state index contributed by atoms with van der Waals surface area (Å²) in [5.74, 6) is 1.33. The lowest BCUT2D eigenvalue weighted by molar-refractivity contribution is -0.733. The molecular formula is C33H25N3S+2. The monoisotopic (exact) mass is 495 g/mol. The average molecular weight is 496 g/mol. The molecule has 1 unspecified atom stereocenters. The predicted octanol–water partition coefficient (Wildman–Crippen LogP) is 6.71. The number of benzene rings is 4. The van der Waals surface area contributed by atoms with Gasteiger partial charge in [-0.05, 0) is 61.9 Å². The van der Waals surface area contributed by atoms with Crippen molar-refractivity contribution in [1.82, 2.24) is 4.57 Å². The van der Waals surface area contributed by atoms with Gasteiger partial charge in [0.15, 0.2) is 22.9 Å². The van der Waals surface area contributed by atoms with Crippen LogP contribution in [0.25, 0.3) is 38.8 Å². The predicted molar refractivity (Wildman–Crippen MR) is 147 cm³/mol. The second-order valence-corrected chi connectivity index (χ2v) is 12.5. The fraction of sp³-hybridized carbons (Fsp3) is 0.152. The molecule has 9 rings (SSSR count). The summed E-state index contributed by atoms with van der Waals surface area (Å²) in [6.07, 6.45) is 2.30. The van der Waals surface area contributed by atoms with Crippen LogP contribution in [-0.4, -0.2) is 4.57 Å². The van der Waals surface area contributed by atoms with Crippen molar-refractivity contribution in [3.63, 3.8) is 0 Å². The fourth-order valence-electron chi connectivity index (χ4n) is 7.34. The number of fused-ring (bicyclic) bond motifs is 9. The number of imidazole rings is 1. The summed E-state index contributed by atoms with van der Waals surface area (Å²) in [5, 5.41) is 2.63. The lowest BCUT2D eigenvalue weighted by Crippen LogP contribution is -2.58. The van der Waals surface area contributed by atoms with Gasteiger partial charge in [0.25, 0.3) is 0 Å². The SMILES string of the molecule is CC(C)(C)n1c2[n+]3c4c(cccc41)Sc1cc4ccccc4c(c1-3)C21c2ccccc2-c2cccc[n+]21. The zero-order chi connectivity index (χ0) is 24.7. The Balaban J connectivity index is 1.65. The van der Waals surface area contributed by atoms with Crippen LogP contribution < -0.4 is 9.13 Å². The van der Waals surface area contributed by atoms with E-state index in [0.717, 1.165) is 0 Å². The van der Waals surface area contributed by atoms with Crippen molar-refractivity contribution in [2.24, 2.45) is 0 Å². The summed E-state index contributed by atoms with van der Waals surface area (Å²) >= 11 is 1.92. The molecule has 176 valence electrons. The van der Waals surface area contributed by atoms with E-state index < -0.39 is 5.54 Å². The minimum atomic E-state index is -0.480. The quantitative estimate of drug-likeness (QED) is 0.213. The summed E-state index contributed by atoms with van der Waals surface area (Å²) in [4.78, 5) is 2.67. The van der Waals surface area contributed by atoms with Gasteiger partial charge in [-0.1, -0.05) is 60.3 Å². The molecule has 0 fully saturated rings. The molecule has 1 atom stereocenters. The van der Waals surface area contributed by atoms with Gasteiger partial charge in [0.2, 0.25) is 5.69 Å². The molecule has 0 N–H and O–H groups in total. The maximum Gasteiger partial charge on any atom is 0.347 e. The molecule has 4 heteroatoms. The lowest BCUT2D eigenvalue weighted by atomic mass is 9.80. The minimum absolute atomic E-state index is 0.121. The molecule has 1 spiro atoms. The molecule has 0 saturated carbocycles. The van der Waals surface area contributed by atoms with E-state index in [1.54, 1.807) is 0 Å². The second kappa shape index (κ2) is 6.32. The van der Waals surface area contributed by atoms with E-state index in [-0.39, 0.29) is 5.54 Å². The first-order valence-electron chi connectivity index (χ1n) is 13.0. The standard InChI is InChI=1S/C33H25N3S/c1-32(2,3)36-25-16-10-17-26-29(25)35-30-27(37-26)19-20-11-4-5-12-21(20)28(30)33(31(35)36)23-14-7-6-13-22(23)24-15-8-9-18-34(24)33/h4-19H,1-3H3/q+2. The Morgan fingerprint density at radius 2 is 1.62 bits per heavy atom. The molecule has 3 nitrogen and oxygen atoms in total. The van der Waals surface area contributed by atoms with Crippen molar-refractivity contribution in [3.05, 3.63) is 114 Å². The van der Waals surface area contributed by atoms with Crippen LogP contribution in [0.4, 0.5) is 0 Å². The Kier molecular flexibility index (Phi) is 3.45. The van der Waals surface area contributed by atoms with Gasteiger partial charge in [0, 0.05) is 12.1 Å². The van der Waals surface area contributed by atoms with Crippen LogP contribution in [-0.2, 0) is 11.1 Å². The summed E-state index contributed by atoms with van der Waals surface area (Å²) < 4.78 is 7.81. The van der Waals surface area contributed by atoms with E-state index in [2.05, 4.69) is 132 Å². The molecular weight excluding hydrogens is 470 g/mol. The number of hydrogen-bond donors (Lipinski definition) is 0. The van der Waals surface area contributed by atoms with E-state index in [1.807, 2.05) is 11.8 Å². The van der Waals surface area contributed by atoms with Gasteiger partial charge in [-0.15, -0.1) is 0 Å². The van der Waals surface area contributed by atoms with Crippen molar-refractivity contribution < 1.29 is 9.13 Å². The normalized spacial score (nSPS) is 18.1. The van der Waals surface area contributed by atoms with Gasteiger partial charge >= 0.3 is 11.4 Å². The Morgan fingerprint density at radius 3 is 2.51 bits per heavy atom. The molecule has 0 radical (unpaired) electrons. The van der Waals surface area contributed by atoms with Gasteiger partial charge in [-0.3, -0.25) is 0 Å². The van der Waals surface area contributed by atoms with Gasteiger partial charge in [-0.2, -0.15) is 9.13 Å². The number of pyridine rings is 1. The highest BCUT2D eigenvalue weighted by molar-refractivity contribution is 7.99. The molecule has 3 aliphatic heterocycles. The maximum atomic E-state index is 2.63. The number of rotatable bonds is 0. The molecule has 4 aromatic carbocycles. The second-order valence-electron chi connectivity index (χ2n) is 11.4. The van der Waals surface area contributed by atoms with Crippen molar-refractivity contribution in [2.45, 2.75) is 41.6 Å². The molecule has 0 bridgehead atoms. The van der Waals surface area contributed by atoms with Gasteiger partial charge in [-0.25, -0.2) is 4.57 Å². The largest absolute Gasteiger partial charge is 0.347 e. The molecule has 37 heavy (non-hydrogen) atoms. The molecule has 5 heterocycles. The van der Waals surface area contributed by atoms with Crippen LogP contribution in [0, 0.1) is 0 Å². The van der Waals surface area contributed by atoms with Gasteiger partial charge in [0.1, 0.15) is 5.54 Å². The first-order chi connectivity index (χ1) is 18.0. The Morgan fingerprint density at radius 1 is 0.811 bits per heavy atom. The zero-order valence-electron chi connectivity index (χ0n) is 21.0. The summed E-state index contributed by atoms with van der Waals surface area (Å²) in [6, 6.07) is 33.9. The highest BCUT2D eigenvalue weighted by Gasteiger charge is 2.69. The van der Waals surface area contributed by atoms with Crippen molar-refractivity contribution >= 4 is 33.6 Å². The van der Waals surface area contributed by atoms with Crippen molar-refractivity contribution in [2.75, 3.05) is 0 Å². The third-order valence-electron chi connectivity index (χ3n) is 8.47. The summed E-state index contributed by atoms with van der Waals surface area (Å²) in [5.41, 5.74) is 8.73. The zero-order valence-corrected chi connectivity index (χ0v) is 21.8. The van der Waals surface area contributed by atoms with E-state index in [1.165, 1.54) is 65.5 Å². The van der Waals surface area contributed by atoms with E-state index in [0.29, 0.717) is 0 Å². The lowest BCUT2D eigenvalue weighted by Gasteiger charge is -2.25. The number of aromatic nitrogens is 3. The molecule has 0 amide bonds. The molecule has 2 aromatic heterocycles. The van der Waals surface area contributed by atoms with E-state index in [9.17, 15) is 0 Å². The van der Waals surface area contributed by atoms with E-state index in [4.69, 9.17) is 0 Å².